The molecule has 1 aliphatic carbocycles. The fraction of sp³-hybridized carbons (Fsp3) is 1.00. The lowest BCUT2D eigenvalue weighted by Crippen LogP contribution is -2.05. The average Bonchev–Trinajstić information content (AvgIpc) is 2.59. The summed E-state index contributed by atoms with van der Waals surface area (Å²) in [6.45, 7) is 2.30. The van der Waals surface area contributed by atoms with Crippen LogP contribution in [0.25, 0.3) is 0 Å². The van der Waals surface area contributed by atoms with Crippen molar-refractivity contribution in [2.45, 2.75) is 142 Å². The summed E-state index contributed by atoms with van der Waals surface area (Å²) in [5.41, 5.74) is 0. The Morgan fingerprint density at radius 2 is 0.870 bits per heavy atom. The molecule has 0 unspecified atom stereocenters. The molecule has 0 aromatic heterocycles. The molecule has 1 aliphatic rings. The minimum Gasteiger partial charge on any atom is -0.0654 e. The highest BCUT2D eigenvalue weighted by Crippen LogP contribution is 2.28. The van der Waals surface area contributed by atoms with Crippen LogP contribution in [0.15, 0.2) is 0 Å². The quantitative estimate of drug-likeness (QED) is 0.249. The molecule has 1 fully saturated rings. The fourth-order valence-electron chi connectivity index (χ4n) is 4.28. The van der Waals surface area contributed by atoms with Gasteiger partial charge in [0, 0.05) is 0 Å². The molecule has 1 saturated carbocycles. The maximum absolute atomic E-state index is 2.30. The standard InChI is InChI=1S/C23H46/c1-2-3-4-5-6-7-8-9-10-11-12-13-14-15-17-20-23-21-18-16-19-22-23/h23H,2-22H2,1H3. The van der Waals surface area contributed by atoms with Gasteiger partial charge in [0.2, 0.25) is 0 Å². The molecule has 0 saturated heterocycles. The second kappa shape index (κ2) is 16.8. The highest BCUT2D eigenvalue weighted by Gasteiger charge is 2.12. The van der Waals surface area contributed by atoms with E-state index in [1.807, 2.05) is 0 Å². The SMILES string of the molecule is CCCCCCCCCCCCCCCCCC1CCCCC1. The zero-order valence-corrected chi connectivity index (χ0v) is 16.4. The highest BCUT2D eigenvalue weighted by atomic mass is 14.2. The van der Waals surface area contributed by atoms with E-state index in [0.717, 1.165) is 5.92 Å². The Bertz CT molecular complexity index is 214. The van der Waals surface area contributed by atoms with E-state index in [2.05, 4.69) is 6.92 Å². The molecule has 0 atom stereocenters. The van der Waals surface area contributed by atoms with E-state index in [-0.39, 0.29) is 0 Å². The summed E-state index contributed by atoms with van der Waals surface area (Å²) in [5.74, 6) is 1.10. The van der Waals surface area contributed by atoms with Crippen LogP contribution < -0.4 is 0 Å². The first-order valence-electron chi connectivity index (χ1n) is 11.4. The van der Waals surface area contributed by atoms with Gasteiger partial charge in [0.25, 0.3) is 0 Å². The van der Waals surface area contributed by atoms with Crippen molar-refractivity contribution in [1.29, 1.82) is 0 Å². The summed E-state index contributed by atoms with van der Waals surface area (Å²) in [5, 5.41) is 0. The molecule has 0 aromatic carbocycles. The molecular weight excluding hydrogens is 276 g/mol. The maximum Gasteiger partial charge on any atom is -0.0414 e. The lowest BCUT2D eigenvalue weighted by Gasteiger charge is -2.21. The van der Waals surface area contributed by atoms with E-state index in [1.165, 1.54) is 122 Å². The first kappa shape index (κ1) is 21.0. The van der Waals surface area contributed by atoms with Crippen LogP contribution >= 0.6 is 0 Å². The molecule has 0 aliphatic heterocycles. The lowest BCUT2D eigenvalue weighted by atomic mass is 9.85. The van der Waals surface area contributed by atoms with Gasteiger partial charge >= 0.3 is 0 Å². The largest absolute Gasteiger partial charge is 0.0654 e. The van der Waals surface area contributed by atoms with Gasteiger partial charge in [0.15, 0.2) is 0 Å². The molecule has 138 valence electrons. The number of hydrogen-bond acceptors (Lipinski definition) is 0. The first-order chi connectivity index (χ1) is 11.4. The third-order valence-corrected chi connectivity index (χ3v) is 5.94. The van der Waals surface area contributed by atoms with Gasteiger partial charge in [0.1, 0.15) is 0 Å². The first-order valence-corrected chi connectivity index (χ1v) is 11.4. The predicted molar refractivity (Wildman–Crippen MR) is 106 cm³/mol. The van der Waals surface area contributed by atoms with Gasteiger partial charge in [-0.1, -0.05) is 142 Å². The van der Waals surface area contributed by atoms with Crippen molar-refractivity contribution >= 4 is 0 Å². The normalized spacial score (nSPS) is 16.0. The highest BCUT2D eigenvalue weighted by molar-refractivity contribution is 4.65. The van der Waals surface area contributed by atoms with Gasteiger partial charge in [-0.15, -0.1) is 0 Å². The number of hydrogen-bond donors (Lipinski definition) is 0. The Morgan fingerprint density at radius 3 is 1.30 bits per heavy atom. The van der Waals surface area contributed by atoms with Crippen LogP contribution in [0.3, 0.4) is 0 Å². The second-order valence-electron chi connectivity index (χ2n) is 8.24. The Hall–Kier alpha value is 0. The van der Waals surface area contributed by atoms with E-state index in [9.17, 15) is 0 Å². The summed E-state index contributed by atoms with van der Waals surface area (Å²) in [4.78, 5) is 0. The monoisotopic (exact) mass is 322 g/mol. The molecule has 0 radical (unpaired) electrons. The Kier molecular flexibility index (Phi) is 15.4. The summed E-state index contributed by atoms with van der Waals surface area (Å²) < 4.78 is 0. The van der Waals surface area contributed by atoms with Crippen LogP contribution in [0.2, 0.25) is 0 Å². The maximum atomic E-state index is 2.30. The fourth-order valence-corrected chi connectivity index (χ4v) is 4.28. The number of rotatable bonds is 16. The summed E-state index contributed by atoms with van der Waals surface area (Å²) >= 11 is 0. The topological polar surface area (TPSA) is 0 Å². The molecule has 1 rings (SSSR count). The van der Waals surface area contributed by atoms with Gasteiger partial charge in [-0.25, -0.2) is 0 Å². The number of unbranched alkanes of at least 4 members (excludes halogenated alkanes) is 14. The second-order valence-corrected chi connectivity index (χ2v) is 8.24. The van der Waals surface area contributed by atoms with Crippen molar-refractivity contribution in [3.8, 4) is 0 Å². The van der Waals surface area contributed by atoms with Gasteiger partial charge in [-0.3, -0.25) is 0 Å². The molecule has 0 heterocycles. The van der Waals surface area contributed by atoms with Gasteiger partial charge in [-0.2, -0.15) is 0 Å². The molecule has 0 bridgehead atoms. The third kappa shape index (κ3) is 14.1. The molecule has 0 aromatic rings. The summed E-state index contributed by atoms with van der Waals surface area (Å²) in [6.07, 6.45) is 31.4. The van der Waals surface area contributed by atoms with Gasteiger partial charge < -0.3 is 0 Å². The minimum atomic E-state index is 1.10. The molecule has 23 heavy (non-hydrogen) atoms. The van der Waals surface area contributed by atoms with E-state index in [1.54, 1.807) is 12.8 Å². The zero-order valence-electron chi connectivity index (χ0n) is 16.4. The van der Waals surface area contributed by atoms with E-state index in [0.29, 0.717) is 0 Å². The van der Waals surface area contributed by atoms with E-state index >= 15 is 0 Å². The van der Waals surface area contributed by atoms with Crippen LogP contribution in [0.5, 0.6) is 0 Å². The van der Waals surface area contributed by atoms with Crippen LogP contribution in [-0.4, -0.2) is 0 Å². The molecule has 0 spiro atoms. The van der Waals surface area contributed by atoms with Crippen molar-refractivity contribution in [2.75, 3.05) is 0 Å². The molecule has 0 amide bonds. The molecule has 0 N–H and O–H groups in total. The van der Waals surface area contributed by atoms with Crippen molar-refractivity contribution in [3.63, 3.8) is 0 Å². The van der Waals surface area contributed by atoms with Crippen LogP contribution in [0, 0.1) is 5.92 Å². The summed E-state index contributed by atoms with van der Waals surface area (Å²) in [6, 6.07) is 0. The summed E-state index contributed by atoms with van der Waals surface area (Å²) in [7, 11) is 0. The van der Waals surface area contributed by atoms with Gasteiger partial charge in [0.05, 0.1) is 0 Å². The minimum absolute atomic E-state index is 1.10. The molecule has 0 heteroatoms. The Labute approximate surface area is 148 Å². The zero-order chi connectivity index (χ0) is 16.4. The van der Waals surface area contributed by atoms with Crippen LogP contribution in [-0.2, 0) is 0 Å². The Balaban J connectivity index is 1.67. The van der Waals surface area contributed by atoms with Crippen molar-refractivity contribution in [1.82, 2.24) is 0 Å². The molecule has 0 nitrogen and oxygen atoms in total. The van der Waals surface area contributed by atoms with Crippen LogP contribution in [0.1, 0.15) is 142 Å². The van der Waals surface area contributed by atoms with Gasteiger partial charge in [-0.05, 0) is 5.92 Å². The Morgan fingerprint density at radius 1 is 0.478 bits per heavy atom. The van der Waals surface area contributed by atoms with Crippen molar-refractivity contribution in [2.24, 2.45) is 5.92 Å². The predicted octanol–water partition coefficient (Wildman–Crippen LogP) is 8.83. The molecular formula is C23H46. The van der Waals surface area contributed by atoms with Crippen molar-refractivity contribution in [3.05, 3.63) is 0 Å². The van der Waals surface area contributed by atoms with Crippen molar-refractivity contribution < 1.29 is 0 Å². The van der Waals surface area contributed by atoms with E-state index in [4.69, 9.17) is 0 Å². The third-order valence-electron chi connectivity index (χ3n) is 5.94. The average molecular weight is 323 g/mol. The smallest absolute Gasteiger partial charge is 0.0414 e. The lowest BCUT2D eigenvalue weighted by molar-refractivity contribution is 0.328. The van der Waals surface area contributed by atoms with E-state index < -0.39 is 0 Å². The van der Waals surface area contributed by atoms with Crippen LogP contribution in [0.4, 0.5) is 0 Å².